The van der Waals surface area contributed by atoms with Gasteiger partial charge in [-0.15, -0.1) is 0 Å². The summed E-state index contributed by atoms with van der Waals surface area (Å²) in [5, 5.41) is 14.6. The average molecular weight is 345 g/mol. The first kappa shape index (κ1) is 17.9. The van der Waals surface area contributed by atoms with Crippen molar-refractivity contribution in [3.8, 4) is 5.75 Å². The van der Waals surface area contributed by atoms with E-state index in [0.29, 0.717) is 19.8 Å². The fraction of sp³-hybridized carbons (Fsp3) is 0.526. The molecule has 6 heteroatoms. The number of aromatic nitrogens is 2. The molecule has 0 bridgehead atoms. The molecule has 0 saturated carbocycles. The van der Waals surface area contributed by atoms with Gasteiger partial charge in [0.25, 0.3) is 0 Å². The third-order valence-electron chi connectivity index (χ3n) is 4.28. The molecule has 0 amide bonds. The van der Waals surface area contributed by atoms with Gasteiger partial charge in [-0.2, -0.15) is 5.10 Å². The molecule has 0 radical (unpaired) electrons. The quantitative estimate of drug-likeness (QED) is 0.827. The Morgan fingerprint density at radius 2 is 2.24 bits per heavy atom. The van der Waals surface area contributed by atoms with Gasteiger partial charge in [-0.1, -0.05) is 12.1 Å². The first-order valence-corrected chi connectivity index (χ1v) is 8.79. The number of ether oxygens (including phenoxy) is 2. The summed E-state index contributed by atoms with van der Waals surface area (Å²) in [6, 6.07) is 7.87. The molecule has 0 unspecified atom stereocenters. The number of β-amino-alcohol motifs (C(OH)–C–C–N with tert-alkyl or cyclic N) is 1. The Kier molecular flexibility index (Phi) is 6.07. The molecule has 1 aliphatic heterocycles. The SMILES string of the molecule is Cc1cccc(OC[C@@H](O)CN2CCO[C@@H](Cn3cc(C)cn3)C2)c1. The lowest BCUT2D eigenvalue weighted by Crippen LogP contribution is -2.47. The van der Waals surface area contributed by atoms with Gasteiger partial charge in [0.05, 0.1) is 25.5 Å². The summed E-state index contributed by atoms with van der Waals surface area (Å²) in [7, 11) is 0. The molecule has 0 spiro atoms. The van der Waals surface area contributed by atoms with Crippen LogP contribution in [0.15, 0.2) is 36.7 Å². The van der Waals surface area contributed by atoms with Crippen molar-refractivity contribution in [2.24, 2.45) is 0 Å². The summed E-state index contributed by atoms with van der Waals surface area (Å²) in [5.74, 6) is 0.799. The highest BCUT2D eigenvalue weighted by Gasteiger charge is 2.23. The first-order chi connectivity index (χ1) is 12.1. The van der Waals surface area contributed by atoms with Gasteiger partial charge in [-0.3, -0.25) is 9.58 Å². The number of hydrogen-bond donors (Lipinski definition) is 1. The van der Waals surface area contributed by atoms with Gasteiger partial charge >= 0.3 is 0 Å². The number of rotatable bonds is 7. The van der Waals surface area contributed by atoms with E-state index in [1.807, 2.05) is 55.2 Å². The predicted octanol–water partition coefficient (Wildman–Crippen LogP) is 1.64. The van der Waals surface area contributed by atoms with Crippen LogP contribution in [0.5, 0.6) is 5.75 Å². The molecule has 1 aliphatic rings. The zero-order chi connectivity index (χ0) is 17.6. The van der Waals surface area contributed by atoms with Crippen LogP contribution in [0.1, 0.15) is 11.1 Å². The minimum Gasteiger partial charge on any atom is -0.491 e. The third kappa shape index (κ3) is 5.56. The Labute approximate surface area is 149 Å². The normalized spacial score (nSPS) is 19.7. The van der Waals surface area contributed by atoms with Crippen LogP contribution in [0, 0.1) is 13.8 Å². The fourth-order valence-corrected chi connectivity index (χ4v) is 3.08. The van der Waals surface area contributed by atoms with Crippen molar-refractivity contribution in [3.05, 3.63) is 47.8 Å². The molecule has 25 heavy (non-hydrogen) atoms. The minimum atomic E-state index is -0.522. The van der Waals surface area contributed by atoms with Crippen molar-refractivity contribution < 1.29 is 14.6 Å². The molecule has 3 rings (SSSR count). The summed E-state index contributed by atoms with van der Waals surface area (Å²) < 4.78 is 13.4. The molecule has 136 valence electrons. The fourth-order valence-electron chi connectivity index (χ4n) is 3.08. The van der Waals surface area contributed by atoms with E-state index in [4.69, 9.17) is 9.47 Å². The van der Waals surface area contributed by atoms with E-state index in [1.165, 1.54) is 0 Å². The summed E-state index contributed by atoms with van der Waals surface area (Å²) in [6.07, 6.45) is 3.45. The van der Waals surface area contributed by atoms with E-state index in [-0.39, 0.29) is 6.10 Å². The molecule has 2 heterocycles. The van der Waals surface area contributed by atoms with Gasteiger partial charge in [0.1, 0.15) is 18.5 Å². The zero-order valence-corrected chi connectivity index (χ0v) is 15.0. The number of nitrogens with zero attached hydrogens (tertiary/aromatic N) is 3. The molecule has 1 saturated heterocycles. The van der Waals surface area contributed by atoms with Crippen molar-refractivity contribution in [3.63, 3.8) is 0 Å². The molecular weight excluding hydrogens is 318 g/mol. The van der Waals surface area contributed by atoms with Crippen LogP contribution in [0.2, 0.25) is 0 Å². The van der Waals surface area contributed by atoms with Crippen LogP contribution < -0.4 is 4.74 Å². The Bertz CT molecular complexity index is 673. The predicted molar refractivity (Wildman–Crippen MR) is 95.8 cm³/mol. The molecular formula is C19H27N3O3. The Morgan fingerprint density at radius 1 is 1.36 bits per heavy atom. The van der Waals surface area contributed by atoms with Crippen LogP contribution >= 0.6 is 0 Å². The third-order valence-corrected chi connectivity index (χ3v) is 4.28. The van der Waals surface area contributed by atoms with E-state index in [2.05, 4.69) is 10.00 Å². The smallest absolute Gasteiger partial charge is 0.119 e. The molecule has 1 aromatic carbocycles. The minimum absolute atomic E-state index is 0.0953. The Balaban J connectivity index is 1.43. The first-order valence-electron chi connectivity index (χ1n) is 8.79. The van der Waals surface area contributed by atoms with Gasteiger partial charge in [0.15, 0.2) is 0 Å². The lowest BCUT2D eigenvalue weighted by molar-refractivity contribution is -0.0517. The number of aryl methyl sites for hydroxylation is 2. The van der Waals surface area contributed by atoms with Crippen molar-refractivity contribution in [2.45, 2.75) is 32.6 Å². The zero-order valence-electron chi connectivity index (χ0n) is 15.0. The van der Waals surface area contributed by atoms with Crippen molar-refractivity contribution >= 4 is 0 Å². The molecule has 1 aromatic heterocycles. The van der Waals surface area contributed by atoms with E-state index in [0.717, 1.165) is 36.5 Å². The van der Waals surface area contributed by atoms with Gasteiger partial charge in [-0.05, 0) is 37.1 Å². The van der Waals surface area contributed by atoms with Crippen molar-refractivity contribution in [1.82, 2.24) is 14.7 Å². The summed E-state index contributed by atoms with van der Waals surface area (Å²) in [4.78, 5) is 2.23. The van der Waals surface area contributed by atoms with Gasteiger partial charge < -0.3 is 14.6 Å². The van der Waals surface area contributed by atoms with Crippen LogP contribution in [0.4, 0.5) is 0 Å². The maximum Gasteiger partial charge on any atom is 0.119 e. The van der Waals surface area contributed by atoms with Crippen LogP contribution in [0.3, 0.4) is 0 Å². The molecule has 2 atom stereocenters. The van der Waals surface area contributed by atoms with E-state index in [1.54, 1.807) is 0 Å². The number of hydrogen-bond acceptors (Lipinski definition) is 5. The van der Waals surface area contributed by atoms with Crippen LogP contribution in [-0.4, -0.2) is 64.8 Å². The van der Waals surface area contributed by atoms with E-state index < -0.39 is 6.10 Å². The van der Waals surface area contributed by atoms with Gasteiger partial charge in [0.2, 0.25) is 0 Å². The molecule has 0 aliphatic carbocycles. The largest absolute Gasteiger partial charge is 0.491 e. The highest BCUT2D eigenvalue weighted by atomic mass is 16.5. The number of aliphatic hydroxyl groups is 1. The Morgan fingerprint density at radius 3 is 3.00 bits per heavy atom. The molecule has 2 aromatic rings. The maximum absolute atomic E-state index is 10.3. The summed E-state index contributed by atoms with van der Waals surface area (Å²) in [6.45, 7) is 7.97. The average Bonchev–Trinajstić information content (AvgIpc) is 2.98. The highest BCUT2D eigenvalue weighted by Crippen LogP contribution is 2.13. The van der Waals surface area contributed by atoms with Gasteiger partial charge in [0, 0.05) is 25.8 Å². The van der Waals surface area contributed by atoms with E-state index in [9.17, 15) is 5.11 Å². The second kappa shape index (κ2) is 8.47. The highest BCUT2D eigenvalue weighted by molar-refractivity contribution is 5.27. The van der Waals surface area contributed by atoms with Gasteiger partial charge in [-0.25, -0.2) is 0 Å². The van der Waals surface area contributed by atoms with E-state index >= 15 is 0 Å². The number of benzene rings is 1. The monoisotopic (exact) mass is 345 g/mol. The lowest BCUT2D eigenvalue weighted by atomic mass is 10.2. The summed E-state index contributed by atoms with van der Waals surface area (Å²) >= 11 is 0. The maximum atomic E-state index is 10.3. The second-order valence-electron chi connectivity index (χ2n) is 6.77. The summed E-state index contributed by atoms with van der Waals surface area (Å²) in [5.41, 5.74) is 2.30. The standard InChI is InChI=1S/C19H27N3O3/c1-15-4-3-5-18(8-15)25-14-17(23)11-21-6-7-24-19(12-21)13-22-10-16(2)9-20-22/h3-5,8-10,17,19,23H,6-7,11-14H2,1-2H3/t17-,19+/m0/s1. The number of aliphatic hydroxyl groups excluding tert-OH is 1. The molecule has 1 N–H and O–H groups in total. The number of morpholine rings is 1. The Hall–Kier alpha value is -1.89. The topological polar surface area (TPSA) is 59.8 Å². The molecule has 1 fully saturated rings. The van der Waals surface area contributed by atoms with Crippen molar-refractivity contribution in [2.75, 3.05) is 32.8 Å². The second-order valence-corrected chi connectivity index (χ2v) is 6.77. The van der Waals surface area contributed by atoms with Crippen molar-refractivity contribution in [1.29, 1.82) is 0 Å². The lowest BCUT2D eigenvalue weighted by Gasteiger charge is -2.34. The molecule has 6 nitrogen and oxygen atoms in total. The van der Waals surface area contributed by atoms with Crippen LogP contribution in [0.25, 0.3) is 0 Å². The van der Waals surface area contributed by atoms with Crippen LogP contribution in [-0.2, 0) is 11.3 Å².